The van der Waals surface area contributed by atoms with Crippen molar-refractivity contribution in [3.8, 4) is 0 Å². The van der Waals surface area contributed by atoms with Crippen LogP contribution >= 0.6 is 0 Å². The Morgan fingerprint density at radius 2 is 2.00 bits per heavy atom. The number of hydrogen-bond donors (Lipinski definition) is 1. The molecule has 3 heteroatoms. The third-order valence-electron chi connectivity index (χ3n) is 3.08. The Morgan fingerprint density at radius 1 is 1.33 bits per heavy atom. The second-order valence-electron chi connectivity index (χ2n) is 4.29. The fourth-order valence-corrected chi connectivity index (χ4v) is 1.61. The van der Waals surface area contributed by atoms with Crippen LogP contribution in [0.5, 0.6) is 0 Å². The normalized spacial score (nSPS) is 15.6. The number of nitrogens with zero attached hydrogens (tertiary/aromatic N) is 1. The highest BCUT2D eigenvalue weighted by Gasteiger charge is 2.10. The van der Waals surface area contributed by atoms with Gasteiger partial charge in [-0.2, -0.15) is 0 Å². The van der Waals surface area contributed by atoms with Gasteiger partial charge in [0.1, 0.15) is 0 Å². The zero-order valence-corrected chi connectivity index (χ0v) is 10.8. The molecule has 0 radical (unpaired) electrons. The van der Waals surface area contributed by atoms with Gasteiger partial charge in [-0.1, -0.05) is 27.2 Å². The minimum atomic E-state index is 0.219. The van der Waals surface area contributed by atoms with Gasteiger partial charge < -0.3 is 15.4 Å². The van der Waals surface area contributed by atoms with E-state index in [-0.39, 0.29) is 6.10 Å². The molecule has 0 aliphatic carbocycles. The van der Waals surface area contributed by atoms with Crippen molar-refractivity contribution in [3.63, 3.8) is 0 Å². The smallest absolute Gasteiger partial charge is 0.0705 e. The van der Waals surface area contributed by atoms with Crippen LogP contribution < -0.4 is 5.73 Å². The van der Waals surface area contributed by atoms with E-state index in [1.807, 2.05) is 0 Å². The molecule has 2 atom stereocenters. The fraction of sp³-hybridized carbons (Fsp3) is 1.00. The molecule has 0 saturated heterocycles. The lowest BCUT2D eigenvalue weighted by Crippen LogP contribution is -2.33. The Balaban J connectivity index is 3.78. The molecule has 0 bridgehead atoms. The first-order chi connectivity index (χ1) is 7.17. The topological polar surface area (TPSA) is 38.5 Å². The summed E-state index contributed by atoms with van der Waals surface area (Å²) in [6.45, 7) is 10.8. The van der Waals surface area contributed by atoms with Crippen LogP contribution in [0.15, 0.2) is 0 Å². The van der Waals surface area contributed by atoms with E-state index in [0.717, 1.165) is 25.4 Å². The SMILES string of the molecule is CCC(C)CN(CC)CCC(CN)OC. The van der Waals surface area contributed by atoms with Crippen molar-refractivity contribution in [2.75, 3.05) is 33.3 Å². The summed E-state index contributed by atoms with van der Waals surface area (Å²) in [7, 11) is 1.74. The molecule has 2 unspecified atom stereocenters. The van der Waals surface area contributed by atoms with E-state index in [2.05, 4.69) is 25.7 Å². The molecule has 0 aromatic carbocycles. The zero-order valence-electron chi connectivity index (χ0n) is 10.8. The maximum absolute atomic E-state index is 5.59. The Kier molecular flexibility index (Phi) is 9.06. The molecule has 0 amide bonds. The van der Waals surface area contributed by atoms with Crippen molar-refractivity contribution in [1.29, 1.82) is 0 Å². The summed E-state index contributed by atoms with van der Waals surface area (Å²) < 4.78 is 5.27. The van der Waals surface area contributed by atoms with Crippen LogP contribution in [-0.2, 0) is 4.74 Å². The lowest BCUT2D eigenvalue weighted by Gasteiger charge is -2.25. The van der Waals surface area contributed by atoms with Gasteiger partial charge in [0.25, 0.3) is 0 Å². The van der Waals surface area contributed by atoms with Crippen molar-refractivity contribution >= 4 is 0 Å². The van der Waals surface area contributed by atoms with Crippen molar-refractivity contribution in [2.45, 2.75) is 39.7 Å². The monoisotopic (exact) mass is 216 g/mol. The van der Waals surface area contributed by atoms with Gasteiger partial charge in [-0.25, -0.2) is 0 Å². The van der Waals surface area contributed by atoms with Crippen LogP contribution in [0.2, 0.25) is 0 Å². The van der Waals surface area contributed by atoms with Gasteiger partial charge in [-0.05, 0) is 18.9 Å². The van der Waals surface area contributed by atoms with Gasteiger partial charge in [0, 0.05) is 26.7 Å². The molecule has 0 aliphatic rings. The predicted molar refractivity (Wildman–Crippen MR) is 66.0 cm³/mol. The second kappa shape index (κ2) is 9.13. The van der Waals surface area contributed by atoms with Crippen LogP contribution in [0, 0.1) is 5.92 Å². The summed E-state index contributed by atoms with van der Waals surface area (Å²) in [6, 6.07) is 0. The Morgan fingerprint density at radius 3 is 2.40 bits per heavy atom. The number of rotatable bonds is 9. The second-order valence-corrected chi connectivity index (χ2v) is 4.29. The third-order valence-corrected chi connectivity index (χ3v) is 3.08. The molecule has 0 aliphatic heterocycles. The first-order valence-electron chi connectivity index (χ1n) is 6.13. The molecule has 0 spiro atoms. The molecule has 3 nitrogen and oxygen atoms in total. The third kappa shape index (κ3) is 6.88. The van der Waals surface area contributed by atoms with Gasteiger partial charge >= 0.3 is 0 Å². The van der Waals surface area contributed by atoms with E-state index in [0.29, 0.717) is 6.54 Å². The van der Waals surface area contributed by atoms with Crippen molar-refractivity contribution in [3.05, 3.63) is 0 Å². The van der Waals surface area contributed by atoms with Gasteiger partial charge in [0.2, 0.25) is 0 Å². The van der Waals surface area contributed by atoms with Crippen LogP contribution in [0.4, 0.5) is 0 Å². The number of methoxy groups -OCH3 is 1. The molecule has 2 N–H and O–H groups in total. The Hall–Kier alpha value is -0.120. The Bertz CT molecular complexity index is 138. The number of hydrogen-bond acceptors (Lipinski definition) is 3. The van der Waals surface area contributed by atoms with Crippen LogP contribution in [0.25, 0.3) is 0 Å². The van der Waals surface area contributed by atoms with Crippen molar-refractivity contribution in [1.82, 2.24) is 4.90 Å². The van der Waals surface area contributed by atoms with E-state index >= 15 is 0 Å². The van der Waals surface area contributed by atoms with Crippen molar-refractivity contribution in [2.24, 2.45) is 11.7 Å². The molecule has 0 aromatic heterocycles. The van der Waals surface area contributed by atoms with Gasteiger partial charge in [0.05, 0.1) is 6.10 Å². The fourth-order valence-electron chi connectivity index (χ4n) is 1.61. The first-order valence-corrected chi connectivity index (χ1v) is 6.13. The molecule has 0 heterocycles. The molecule has 0 aromatic rings. The molecule has 0 saturated carbocycles. The van der Waals surface area contributed by atoms with Crippen LogP contribution in [0.3, 0.4) is 0 Å². The molecule has 0 fully saturated rings. The quantitative estimate of drug-likeness (QED) is 0.638. The largest absolute Gasteiger partial charge is 0.380 e. The van der Waals surface area contributed by atoms with E-state index < -0.39 is 0 Å². The average Bonchev–Trinajstić information content (AvgIpc) is 2.28. The van der Waals surface area contributed by atoms with Crippen LogP contribution in [0.1, 0.15) is 33.6 Å². The first kappa shape index (κ1) is 14.9. The Labute approximate surface area is 95.0 Å². The number of nitrogens with two attached hydrogens (primary N) is 1. The summed E-state index contributed by atoms with van der Waals surface area (Å²) >= 11 is 0. The summed E-state index contributed by atoms with van der Waals surface area (Å²) in [6.07, 6.45) is 2.51. The minimum Gasteiger partial charge on any atom is -0.380 e. The summed E-state index contributed by atoms with van der Waals surface area (Å²) in [4.78, 5) is 2.48. The lowest BCUT2D eigenvalue weighted by atomic mass is 10.1. The molecule has 15 heavy (non-hydrogen) atoms. The minimum absolute atomic E-state index is 0.219. The highest BCUT2D eigenvalue weighted by Crippen LogP contribution is 2.06. The van der Waals surface area contributed by atoms with E-state index in [9.17, 15) is 0 Å². The summed E-state index contributed by atoms with van der Waals surface area (Å²) in [5.41, 5.74) is 5.59. The highest BCUT2D eigenvalue weighted by molar-refractivity contribution is 4.65. The van der Waals surface area contributed by atoms with Gasteiger partial charge in [0.15, 0.2) is 0 Å². The van der Waals surface area contributed by atoms with Crippen LogP contribution in [-0.4, -0.2) is 44.3 Å². The number of ether oxygens (including phenoxy) is 1. The maximum Gasteiger partial charge on any atom is 0.0705 e. The lowest BCUT2D eigenvalue weighted by molar-refractivity contribution is 0.0879. The average molecular weight is 216 g/mol. The zero-order chi connectivity index (χ0) is 11.7. The van der Waals surface area contributed by atoms with Gasteiger partial charge in [-0.3, -0.25) is 0 Å². The molecule has 0 rings (SSSR count). The molecular formula is C12H28N2O. The summed E-state index contributed by atoms with van der Waals surface area (Å²) in [5, 5.41) is 0. The van der Waals surface area contributed by atoms with E-state index in [1.165, 1.54) is 13.0 Å². The van der Waals surface area contributed by atoms with Gasteiger partial charge in [-0.15, -0.1) is 0 Å². The van der Waals surface area contributed by atoms with Crippen molar-refractivity contribution < 1.29 is 4.74 Å². The highest BCUT2D eigenvalue weighted by atomic mass is 16.5. The van der Waals surface area contributed by atoms with E-state index in [4.69, 9.17) is 10.5 Å². The standard InChI is InChI=1S/C12H28N2O/c1-5-11(3)10-14(6-2)8-7-12(9-13)15-4/h11-12H,5-10,13H2,1-4H3. The predicted octanol–water partition coefficient (Wildman–Crippen LogP) is 1.72. The maximum atomic E-state index is 5.59. The van der Waals surface area contributed by atoms with E-state index in [1.54, 1.807) is 7.11 Å². The molecule has 92 valence electrons. The molecular weight excluding hydrogens is 188 g/mol. The summed E-state index contributed by atoms with van der Waals surface area (Å²) in [5.74, 6) is 0.781.